The molecule has 0 spiro atoms. The van der Waals surface area contributed by atoms with Gasteiger partial charge in [0.2, 0.25) is 0 Å². The Kier molecular flexibility index (Phi) is 6.16. The minimum absolute atomic E-state index is 0.101. The lowest BCUT2D eigenvalue weighted by Gasteiger charge is -2.27. The molecule has 0 amide bonds. The van der Waals surface area contributed by atoms with E-state index in [1.54, 1.807) is 7.11 Å². The maximum absolute atomic E-state index is 5.57. The van der Waals surface area contributed by atoms with Crippen LogP contribution in [-0.2, 0) is 4.74 Å². The molecule has 0 saturated carbocycles. The second kappa shape index (κ2) is 7.39. The van der Waals surface area contributed by atoms with E-state index in [-0.39, 0.29) is 5.60 Å². The lowest BCUT2D eigenvalue weighted by molar-refractivity contribution is 0.0128. The fourth-order valence-corrected chi connectivity index (χ4v) is 2.02. The highest BCUT2D eigenvalue weighted by Gasteiger charge is 2.19. The highest BCUT2D eigenvalue weighted by atomic mass is 16.5. The maximum Gasteiger partial charge on any atom is 0.119 e. The smallest absolute Gasteiger partial charge is 0.119 e. The summed E-state index contributed by atoms with van der Waals surface area (Å²) < 4.78 is 11.0. The van der Waals surface area contributed by atoms with Crippen molar-refractivity contribution in [1.82, 2.24) is 0 Å². The highest BCUT2D eigenvalue weighted by Crippen LogP contribution is 2.20. The first-order chi connectivity index (χ1) is 8.96. The van der Waals surface area contributed by atoms with Crippen molar-refractivity contribution in [3.8, 4) is 5.75 Å². The van der Waals surface area contributed by atoms with E-state index in [1.807, 2.05) is 12.1 Å². The van der Waals surface area contributed by atoms with Gasteiger partial charge in [-0.25, -0.2) is 0 Å². The lowest BCUT2D eigenvalue weighted by Crippen LogP contribution is -2.31. The predicted octanol–water partition coefficient (Wildman–Crippen LogP) is 4.09. The van der Waals surface area contributed by atoms with E-state index in [4.69, 9.17) is 9.47 Å². The molecule has 1 aromatic carbocycles. The van der Waals surface area contributed by atoms with E-state index in [2.05, 4.69) is 45.1 Å². The van der Waals surface area contributed by atoms with Crippen molar-refractivity contribution in [3.05, 3.63) is 24.3 Å². The second-order valence-corrected chi connectivity index (χ2v) is 5.59. The van der Waals surface area contributed by atoms with E-state index < -0.39 is 0 Å². The molecule has 0 aliphatic carbocycles. The Bertz CT molecular complexity index is 360. The van der Waals surface area contributed by atoms with Crippen molar-refractivity contribution in [3.63, 3.8) is 0 Å². The van der Waals surface area contributed by atoms with Crippen LogP contribution in [0.3, 0.4) is 0 Å². The van der Waals surface area contributed by atoms with Gasteiger partial charge in [-0.05, 0) is 57.9 Å². The molecule has 0 saturated heterocycles. The van der Waals surface area contributed by atoms with Crippen molar-refractivity contribution in [2.24, 2.45) is 0 Å². The molecule has 108 valence electrons. The van der Waals surface area contributed by atoms with Gasteiger partial charge in [-0.3, -0.25) is 0 Å². The monoisotopic (exact) mass is 265 g/mol. The molecule has 1 N–H and O–H groups in total. The van der Waals surface area contributed by atoms with Gasteiger partial charge < -0.3 is 14.8 Å². The number of anilines is 1. The van der Waals surface area contributed by atoms with Crippen LogP contribution in [0.25, 0.3) is 0 Å². The van der Waals surface area contributed by atoms with Gasteiger partial charge in [-0.15, -0.1) is 0 Å². The summed E-state index contributed by atoms with van der Waals surface area (Å²) in [7, 11) is 1.76. The summed E-state index contributed by atoms with van der Waals surface area (Å²) in [6.07, 6.45) is 1.99. The van der Waals surface area contributed by atoms with Crippen LogP contribution >= 0.6 is 0 Å². The van der Waals surface area contributed by atoms with Crippen molar-refractivity contribution in [1.29, 1.82) is 0 Å². The number of methoxy groups -OCH3 is 1. The fraction of sp³-hybridized carbons (Fsp3) is 0.625. The third-order valence-corrected chi connectivity index (χ3v) is 3.09. The van der Waals surface area contributed by atoms with Gasteiger partial charge in [0.15, 0.2) is 0 Å². The number of ether oxygens (including phenoxy) is 2. The highest BCUT2D eigenvalue weighted by molar-refractivity contribution is 5.47. The van der Waals surface area contributed by atoms with Gasteiger partial charge in [-0.2, -0.15) is 0 Å². The lowest BCUT2D eigenvalue weighted by atomic mass is 10.00. The fourth-order valence-electron chi connectivity index (χ4n) is 2.02. The predicted molar refractivity (Wildman–Crippen MR) is 81.0 cm³/mol. The molecule has 0 fully saturated rings. The number of benzene rings is 1. The van der Waals surface area contributed by atoms with Gasteiger partial charge in [0, 0.05) is 18.8 Å². The molecule has 1 unspecified atom stereocenters. The standard InChI is InChI=1S/C16H27NO2/c1-6-11-19-15-9-7-14(8-10-15)17-13(2)12-16(3,4)18-5/h7-10,13,17H,6,11-12H2,1-5H3. The number of hydrogen-bond donors (Lipinski definition) is 1. The van der Waals surface area contributed by atoms with Gasteiger partial charge in [0.25, 0.3) is 0 Å². The zero-order valence-corrected chi connectivity index (χ0v) is 12.8. The summed E-state index contributed by atoms with van der Waals surface area (Å²) in [5, 5.41) is 3.48. The average molecular weight is 265 g/mol. The van der Waals surface area contributed by atoms with Crippen LogP contribution in [0.5, 0.6) is 5.75 Å². The summed E-state index contributed by atoms with van der Waals surface area (Å²) in [6.45, 7) is 9.25. The zero-order chi connectivity index (χ0) is 14.3. The molecule has 1 atom stereocenters. The molecule has 1 aromatic rings. The van der Waals surface area contributed by atoms with Crippen molar-refractivity contribution in [2.75, 3.05) is 19.0 Å². The largest absolute Gasteiger partial charge is 0.494 e. The van der Waals surface area contributed by atoms with Gasteiger partial charge in [0.05, 0.1) is 12.2 Å². The van der Waals surface area contributed by atoms with Crippen molar-refractivity contribution < 1.29 is 9.47 Å². The van der Waals surface area contributed by atoms with Crippen LogP contribution < -0.4 is 10.1 Å². The summed E-state index contributed by atoms with van der Waals surface area (Å²) in [5.41, 5.74) is 1.01. The Morgan fingerprint density at radius 2 is 1.84 bits per heavy atom. The van der Waals surface area contributed by atoms with Crippen LogP contribution in [0.15, 0.2) is 24.3 Å². The molecule has 0 radical (unpaired) electrons. The van der Waals surface area contributed by atoms with Crippen molar-refractivity contribution >= 4 is 5.69 Å². The van der Waals surface area contributed by atoms with Crippen LogP contribution in [0.2, 0.25) is 0 Å². The van der Waals surface area contributed by atoms with Crippen LogP contribution in [0.1, 0.15) is 40.5 Å². The average Bonchev–Trinajstić information content (AvgIpc) is 2.37. The molecule has 0 bridgehead atoms. The second-order valence-electron chi connectivity index (χ2n) is 5.59. The Hall–Kier alpha value is -1.22. The molecule has 1 rings (SSSR count). The molecule has 0 aliphatic heterocycles. The molecular formula is C16H27NO2. The normalized spacial score (nSPS) is 13.1. The van der Waals surface area contributed by atoms with Gasteiger partial charge in [0.1, 0.15) is 5.75 Å². The van der Waals surface area contributed by atoms with E-state index in [1.165, 1.54) is 0 Å². The Morgan fingerprint density at radius 1 is 1.21 bits per heavy atom. The molecule has 19 heavy (non-hydrogen) atoms. The zero-order valence-electron chi connectivity index (χ0n) is 12.8. The summed E-state index contributed by atoms with van der Waals surface area (Å²) >= 11 is 0. The van der Waals surface area contributed by atoms with Crippen LogP contribution in [-0.4, -0.2) is 25.4 Å². The number of rotatable bonds is 8. The third-order valence-electron chi connectivity index (χ3n) is 3.09. The Balaban J connectivity index is 2.48. The Labute approximate surface area is 117 Å². The Morgan fingerprint density at radius 3 is 2.37 bits per heavy atom. The third kappa shape index (κ3) is 5.97. The topological polar surface area (TPSA) is 30.5 Å². The number of nitrogens with one attached hydrogen (secondary N) is 1. The molecule has 3 nitrogen and oxygen atoms in total. The summed E-state index contributed by atoms with van der Waals surface area (Å²) in [6, 6.07) is 8.48. The van der Waals surface area contributed by atoms with E-state index in [0.717, 1.165) is 30.9 Å². The molecule has 0 aromatic heterocycles. The first kappa shape index (κ1) is 15.8. The minimum Gasteiger partial charge on any atom is -0.494 e. The molecule has 3 heteroatoms. The minimum atomic E-state index is -0.101. The van der Waals surface area contributed by atoms with Gasteiger partial charge in [-0.1, -0.05) is 6.92 Å². The van der Waals surface area contributed by atoms with E-state index >= 15 is 0 Å². The van der Waals surface area contributed by atoms with E-state index in [9.17, 15) is 0 Å². The van der Waals surface area contributed by atoms with Crippen LogP contribution in [0.4, 0.5) is 5.69 Å². The number of hydrogen-bond acceptors (Lipinski definition) is 3. The SMILES string of the molecule is CCCOc1ccc(NC(C)CC(C)(C)OC)cc1. The summed E-state index contributed by atoms with van der Waals surface area (Å²) in [5.74, 6) is 0.928. The van der Waals surface area contributed by atoms with Gasteiger partial charge >= 0.3 is 0 Å². The first-order valence-electron chi connectivity index (χ1n) is 7.01. The van der Waals surface area contributed by atoms with Crippen molar-refractivity contribution in [2.45, 2.75) is 52.2 Å². The molecule has 0 heterocycles. The molecule has 0 aliphatic rings. The maximum atomic E-state index is 5.57. The molecular weight excluding hydrogens is 238 g/mol. The summed E-state index contributed by atoms with van der Waals surface area (Å²) in [4.78, 5) is 0. The van der Waals surface area contributed by atoms with E-state index in [0.29, 0.717) is 6.04 Å². The quantitative estimate of drug-likeness (QED) is 0.768. The first-order valence-corrected chi connectivity index (χ1v) is 7.01. The van der Waals surface area contributed by atoms with Crippen LogP contribution in [0, 0.1) is 0 Å².